The molecule has 1 N–H and O–H groups in total. The highest BCUT2D eigenvalue weighted by Crippen LogP contribution is 2.49. The molecular formula is C22H28ClFN4. The van der Waals surface area contributed by atoms with Gasteiger partial charge in [0.2, 0.25) is 0 Å². The Kier molecular flexibility index (Phi) is 5.09. The van der Waals surface area contributed by atoms with Crippen LogP contribution in [0.15, 0.2) is 30.3 Å². The Morgan fingerprint density at radius 3 is 2.57 bits per heavy atom. The summed E-state index contributed by atoms with van der Waals surface area (Å²) < 4.78 is 13.5. The molecule has 0 radical (unpaired) electrons. The van der Waals surface area contributed by atoms with Gasteiger partial charge in [-0.3, -0.25) is 0 Å². The molecule has 2 fully saturated rings. The Hall–Kier alpha value is -1.72. The van der Waals surface area contributed by atoms with Crippen molar-refractivity contribution in [2.45, 2.75) is 46.1 Å². The van der Waals surface area contributed by atoms with Gasteiger partial charge in [0.1, 0.15) is 11.6 Å². The maximum atomic E-state index is 13.5. The molecule has 0 bridgehead atoms. The maximum absolute atomic E-state index is 13.5. The van der Waals surface area contributed by atoms with Crippen molar-refractivity contribution in [3.8, 4) is 11.3 Å². The van der Waals surface area contributed by atoms with E-state index in [0.717, 1.165) is 5.82 Å². The van der Waals surface area contributed by atoms with Crippen molar-refractivity contribution in [2.75, 3.05) is 25.0 Å². The first-order valence-electron chi connectivity index (χ1n) is 10.00. The number of hydrogen-bond donors (Lipinski definition) is 1. The van der Waals surface area contributed by atoms with Crippen molar-refractivity contribution in [2.24, 2.45) is 10.8 Å². The molecule has 28 heavy (non-hydrogen) atoms. The number of rotatable bonds is 5. The lowest BCUT2D eigenvalue weighted by Crippen LogP contribution is -2.65. The standard InChI is InChI=1S/C22H28ClFN4/c1-21(2,3)8-9-28-13-22(14-28)11-16(12-22)25-20-7-6-19(26-27-20)17-10-15(24)4-5-18(17)23/h4-7,10,16H,8-9,11-14H2,1-3H3,(H,25,27). The number of nitrogens with zero attached hydrogens (tertiary/aromatic N) is 3. The fourth-order valence-electron chi connectivity index (χ4n) is 4.36. The van der Waals surface area contributed by atoms with Crippen molar-refractivity contribution in [3.63, 3.8) is 0 Å². The van der Waals surface area contributed by atoms with Crippen LogP contribution in [0.5, 0.6) is 0 Å². The lowest BCUT2D eigenvalue weighted by molar-refractivity contribution is -0.0698. The molecule has 1 aromatic carbocycles. The zero-order valence-electron chi connectivity index (χ0n) is 16.8. The van der Waals surface area contributed by atoms with Gasteiger partial charge in [-0.2, -0.15) is 0 Å². The van der Waals surface area contributed by atoms with Gasteiger partial charge in [-0.05, 0) is 67.0 Å². The first kappa shape index (κ1) is 19.6. The number of nitrogens with one attached hydrogen (secondary N) is 1. The molecule has 2 aromatic rings. The van der Waals surface area contributed by atoms with E-state index in [1.807, 2.05) is 12.1 Å². The third-order valence-electron chi connectivity index (χ3n) is 5.88. The van der Waals surface area contributed by atoms with E-state index in [-0.39, 0.29) is 5.82 Å². The molecule has 0 atom stereocenters. The molecule has 4 nitrogen and oxygen atoms in total. The van der Waals surface area contributed by atoms with E-state index >= 15 is 0 Å². The van der Waals surface area contributed by atoms with Crippen molar-refractivity contribution >= 4 is 17.4 Å². The van der Waals surface area contributed by atoms with Crippen LogP contribution in [0.25, 0.3) is 11.3 Å². The van der Waals surface area contributed by atoms with Crippen molar-refractivity contribution in [3.05, 3.63) is 41.2 Å². The Morgan fingerprint density at radius 2 is 1.93 bits per heavy atom. The Labute approximate surface area is 171 Å². The number of anilines is 1. The van der Waals surface area contributed by atoms with E-state index in [4.69, 9.17) is 11.6 Å². The number of hydrogen-bond acceptors (Lipinski definition) is 4. The third kappa shape index (κ3) is 4.31. The third-order valence-corrected chi connectivity index (χ3v) is 6.21. The highest BCUT2D eigenvalue weighted by Gasteiger charge is 2.52. The summed E-state index contributed by atoms with van der Waals surface area (Å²) in [6.45, 7) is 10.6. The summed E-state index contributed by atoms with van der Waals surface area (Å²) in [5.41, 5.74) is 2.06. The van der Waals surface area contributed by atoms with Gasteiger partial charge in [-0.15, -0.1) is 10.2 Å². The Morgan fingerprint density at radius 1 is 1.18 bits per heavy atom. The largest absolute Gasteiger partial charge is 0.366 e. The summed E-state index contributed by atoms with van der Waals surface area (Å²) >= 11 is 6.15. The Balaban J connectivity index is 1.26. The monoisotopic (exact) mass is 402 g/mol. The molecule has 6 heteroatoms. The van der Waals surface area contributed by atoms with Gasteiger partial charge < -0.3 is 10.2 Å². The van der Waals surface area contributed by atoms with Crippen molar-refractivity contribution in [1.82, 2.24) is 15.1 Å². The lowest BCUT2D eigenvalue weighted by Gasteiger charge is -2.59. The summed E-state index contributed by atoms with van der Waals surface area (Å²) in [7, 11) is 0. The second-order valence-corrected chi connectivity index (χ2v) is 10.1. The van der Waals surface area contributed by atoms with Crippen molar-refractivity contribution < 1.29 is 4.39 Å². The highest BCUT2D eigenvalue weighted by atomic mass is 35.5. The zero-order valence-corrected chi connectivity index (χ0v) is 17.6. The van der Waals surface area contributed by atoms with Gasteiger partial charge in [-0.25, -0.2) is 4.39 Å². The number of benzene rings is 1. The van der Waals surface area contributed by atoms with Gasteiger partial charge in [0.15, 0.2) is 0 Å². The van der Waals surface area contributed by atoms with E-state index in [2.05, 4.69) is 41.2 Å². The SMILES string of the molecule is CC(C)(C)CCN1CC2(CC(Nc3ccc(-c4cc(F)ccc4Cl)nn3)C2)C1. The smallest absolute Gasteiger partial charge is 0.148 e. The summed E-state index contributed by atoms with van der Waals surface area (Å²) in [6, 6.07) is 8.45. The van der Waals surface area contributed by atoms with Gasteiger partial charge in [0.05, 0.1) is 10.7 Å². The van der Waals surface area contributed by atoms with Crippen molar-refractivity contribution in [1.29, 1.82) is 0 Å². The van der Waals surface area contributed by atoms with Crippen LogP contribution in [-0.2, 0) is 0 Å². The molecular weight excluding hydrogens is 375 g/mol. The topological polar surface area (TPSA) is 41.0 Å². The first-order chi connectivity index (χ1) is 13.2. The predicted molar refractivity (Wildman–Crippen MR) is 112 cm³/mol. The maximum Gasteiger partial charge on any atom is 0.148 e. The number of likely N-dealkylation sites (tertiary alicyclic amines) is 1. The van der Waals surface area contributed by atoms with E-state index in [1.165, 1.54) is 57.1 Å². The first-order valence-corrected chi connectivity index (χ1v) is 10.4. The molecule has 1 spiro atoms. The summed E-state index contributed by atoms with van der Waals surface area (Å²) in [4.78, 5) is 2.58. The van der Waals surface area contributed by atoms with Crippen LogP contribution >= 0.6 is 11.6 Å². The van der Waals surface area contributed by atoms with Crippen LogP contribution in [0, 0.1) is 16.6 Å². The average Bonchev–Trinajstić information content (AvgIpc) is 2.57. The number of aromatic nitrogens is 2. The quantitative estimate of drug-likeness (QED) is 0.741. The summed E-state index contributed by atoms with van der Waals surface area (Å²) in [5, 5.41) is 12.4. The van der Waals surface area contributed by atoms with Crippen LogP contribution in [0.3, 0.4) is 0 Å². The fourth-order valence-corrected chi connectivity index (χ4v) is 4.57. The van der Waals surface area contributed by atoms with Crippen LogP contribution < -0.4 is 5.32 Å². The predicted octanol–water partition coefficient (Wildman–Crippen LogP) is 5.25. The van der Waals surface area contributed by atoms with Crippen LogP contribution in [0.4, 0.5) is 10.2 Å². The van der Waals surface area contributed by atoms with Crippen LogP contribution in [0.2, 0.25) is 5.02 Å². The van der Waals surface area contributed by atoms with E-state index in [9.17, 15) is 4.39 Å². The minimum atomic E-state index is -0.333. The van der Waals surface area contributed by atoms with E-state index in [1.54, 1.807) is 0 Å². The number of halogens is 2. The molecule has 150 valence electrons. The molecule has 4 rings (SSSR count). The van der Waals surface area contributed by atoms with E-state index < -0.39 is 0 Å². The van der Waals surface area contributed by atoms with Gasteiger partial charge in [0, 0.05) is 24.7 Å². The van der Waals surface area contributed by atoms with Crippen LogP contribution in [0.1, 0.15) is 40.0 Å². The molecule has 2 aliphatic rings. The van der Waals surface area contributed by atoms with Gasteiger partial charge >= 0.3 is 0 Å². The molecule has 1 aliphatic heterocycles. The molecule has 1 aliphatic carbocycles. The fraction of sp³-hybridized carbons (Fsp3) is 0.545. The van der Waals surface area contributed by atoms with Gasteiger partial charge in [-0.1, -0.05) is 32.4 Å². The zero-order chi connectivity index (χ0) is 19.9. The molecule has 1 saturated carbocycles. The molecule has 0 amide bonds. The molecule has 2 heterocycles. The molecule has 1 saturated heterocycles. The lowest BCUT2D eigenvalue weighted by atomic mass is 9.60. The van der Waals surface area contributed by atoms with Gasteiger partial charge in [0.25, 0.3) is 0 Å². The normalized spacial score (nSPS) is 19.3. The minimum absolute atomic E-state index is 0.333. The molecule has 1 aromatic heterocycles. The highest BCUT2D eigenvalue weighted by molar-refractivity contribution is 6.33. The molecule has 0 unspecified atom stereocenters. The summed E-state index contributed by atoms with van der Waals surface area (Å²) in [5.74, 6) is 0.431. The van der Waals surface area contributed by atoms with E-state index in [0.29, 0.717) is 33.2 Å². The minimum Gasteiger partial charge on any atom is -0.366 e. The second kappa shape index (κ2) is 7.27. The summed E-state index contributed by atoms with van der Waals surface area (Å²) in [6.07, 6.45) is 3.64. The van der Waals surface area contributed by atoms with Crippen LogP contribution in [-0.4, -0.2) is 40.8 Å². The average molecular weight is 403 g/mol. The Bertz CT molecular complexity index is 833. The second-order valence-electron chi connectivity index (χ2n) is 9.70.